The Morgan fingerprint density at radius 3 is 2.03 bits per heavy atom. The fraction of sp³-hybridized carbons (Fsp3) is 0.516. The predicted molar refractivity (Wildman–Crippen MR) is 143 cm³/mol. The minimum Gasteiger partial charge on any atom is -0.494 e. The smallest absolute Gasteiger partial charge is 0.150 e. The van der Waals surface area contributed by atoms with Crippen LogP contribution < -0.4 is 4.74 Å². The quantitative estimate of drug-likeness (QED) is 0.197. The van der Waals surface area contributed by atoms with Gasteiger partial charge in [0.15, 0.2) is 0 Å². The fourth-order valence-corrected chi connectivity index (χ4v) is 4.44. The molecule has 0 saturated carbocycles. The van der Waals surface area contributed by atoms with E-state index >= 15 is 0 Å². The molecule has 0 saturated heterocycles. The maximum atomic E-state index is 14.9. The Bertz CT molecular complexity index is 983. The lowest BCUT2D eigenvalue weighted by Gasteiger charge is -2.09. The normalized spacial score (nSPS) is 11.3. The summed E-state index contributed by atoms with van der Waals surface area (Å²) in [6.45, 7) is 5.22. The molecule has 0 aliphatic carbocycles. The number of unbranched alkanes of at least 4 members (excludes halogenated alkanes) is 10. The van der Waals surface area contributed by atoms with Crippen LogP contribution in [0.2, 0.25) is 0 Å². The van der Waals surface area contributed by atoms with Crippen LogP contribution in [0.1, 0.15) is 96.6 Å². The van der Waals surface area contributed by atoms with Crippen LogP contribution in [-0.4, -0.2) is 11.6 Å². The standard InChI is InChI=1S/C31H42FNO/c1-3-5-7-9-10-11-12-14-22-34-29-20-17-25(18-21-29)27-23-26-16-19-28(15-13-8-6-4-2)33-31(26)30(32)24-27/h16-21,23-24H,3-15,22H2,1-2H3. The van der Waals surface area contributed by atoms with Gasteiger partial charge in [-0.15, -0.1) is 0 Å². The van der Waals surface area contributed by atoms with Crippen LogP contribution in [0.3, 0.4) is 0 Å². The maximum absolute atomic E-state index is 14.9. The second-order valence-corrected chi connectivity index (χ2v) is 9.49. The molecule has 0 aliphatic rings. The molecule has 184 valence electrons. The molecule has 0 aliphatic heterocycles. The summed E-state index contributed by atoms with van der Waals surface area (Å²) < 4.78 is 20.8. The first-order valence-corrected chi connectivity index (χ1v) is 13.5. The molecule has 0 fully saturated rings. The zero-order valence-corrected chi connectivity index (χ0v) is 21.3. The van der Waals surface area contributed by atoms with Gasteiger partial charge < -0.3 is 4.74 Å². The number of ether oxygens (including phenoxy) is 1. The molecule has 0 amide bonds. The van der Waals surface area contributed by atoms with Crippen molar-refractivity contribution < 1.29 is 9.13 Å². The average Bonchev–Trinajstić information content (AvgIpc) is 2.86. The molecule has 0 unspecified atom stereocenters. The summed E-state index contributed by atoms with van der Waals surface area (Å²) in [6, 6.07) is 15.7. The van der Waals surface area contributed by atoms with Crippen LogP contribution in [0.4, 0.5) is 4.39 Å². The Balaban J connectivity index is 1.50. The molecule has 2 nitrogen and oxygen atoms in total. The molecule has 0 bridgehead atoms. The first-order valence-electron chi connectivity index (χ1n) is 13.5. The van der Waals surface area contributed by atoms with E-state index in [0.717, 1.165) is 53.8 Å². The minimum absolute atomic E-state index is 0.252. The summed E-state index contributed by atoms with van der Waals surface area (Å²) in [5.74, 6) is 0.625. The number of halogens is 1. The molecule has 0 N–H and O–H groups in total. The third kappa shape index (κ3) is 8.42. The molecule has 34 heavy (non-hydrogen) atoms. The molecule has 2 aromatic carbocycles. The molecule has 3 rings (SSSR count). The van der Waals surface area contributed by atoms with Gasteiger partial charge in [-0.05, 0) is 60.7 Å². The second-order valence-electron chi connectivity index (χ2n) is 9.49. The van der Waals surface area contributed by atoms with Gasteiger partial charge in [-0.3, -0.25) is 0 Å². The number of nitrogens with zero attached hydrogens (tertiary/aromatic N) is 1. The maximum Gasteiger partial charge on any atom is 0.150 e. The summed E-state index contributed by atoms with van der Waals surface area (Å²) in [7, 11) is 0. The van der Waals surface area contributed by atoms with E-state index in [4.69, 9.17) is 4.74 Å². The summed E-state index contributed by atoms with van der Waals surface area (Å²) in [4.78, 5) is 4.60. The molecule has 3 heteroatoms. The number of rotatable bonds is 16. The number of pyridine rings is 1. The van der Waals surface area contributed by atoms with E-state index < -0.39 is 0 Å². The van der Waals surface area contributed by atoms with E-state index in [-0.39, 0.29) is 5.82 Å². The Labute approximate surface area is 206 Å². The zero-order chi connectivity index (χ0) is 24.0. The Hall–Kier alpha value is -2.42. The van der Waals surface area contributed by atoms with Gasteiger partial charge in [-0.1, -0.05) is 96.3 Å². The van der Waals surface area contributed by atoms with Gasteiger partial charge >= 0.3 is 0 Å². The SMILES string of the molecule is CCCCCCCCCCOc1ccc(-c2cc(F)c3nc(CCCCCC)ccc3c2)cc1. The molecule has 0 radical (unpaired) electrons. The molecule has 1 heterocycles. The highest BCUT2D eigenvalue weighted by atomic mass is 19.1. The minimum atomic E-state index is -0.252. The predicted octanol–water partition coefficient (Wildman–Crippen LogP) is 9.68. The molecule has 3 aromatic rings. The Kier molecular flexibility index (Phi) is 11.4. The van der Waals surface area contributed by atoms with Crippen LogP contribution in [0.5, 0.6) is 5.75 Å². The van der Waals surface area contributed by atoms with Gasteiger partial charge in [-0.25, -0.2) is 9.37 Å². The van der Waals surface area contributed by atoms with Crippen LogP contribution in [0.15, 0.2) is 48.5 Å². The van der Waals surface area contributed by atoms with E-state index in [1.165, 1.54) is 64.2 Å². The van der Waals surface area contributed by atoms with Gasteiger partial charge in [0.2, 0.25) is 0 Å². The van der Waals surface area contributed by atoms with Crippen molar-refractivity contribution in [2.24, 2.45) is 0 Å². The van der Waals surface area contributed by atoms with Crippen molar-refractivity contribution in [1.82, 2.24) is 4.98 Å². The summed E-state index contributed by atoms with van der Waals surface area (Å²) in [5.41, 5.74) is 3.32. The first kappa shape index (κ1) is 26.2. The van der Waals surface area contributed by atoms with Crippen LogP contribution in [-0.2, 0) is 6.42 Å². The number of hydrogen-bond donors (Lipinski definition) is 0. The van der Waals surface area contributed by atoms with Crippen molar-refractivity contribution in [2.45, 2.75) is 97.3 Å². The molecular formula is C31H42FNO. The largest absolute Gasteiger partial charge is 0.494 e. The summed E-state index contributed by atoms with van der Waals surface area (Å²) >= 11 is 0. The van der Waals surface area contributed by atoms with Gasteiger partial charge in [0, 0.05) is 11.1 Å². The van der Waals surface area contributed by atoms with E-state index in [0.29, 0.717) is 5.52 Å². The molecule has 0 spiro atoms. The Morgan fingerprint density at radius 2 is 1.32 bits per heavy atom. The lowest BCUT2D eigenvalue weighted by molar-refractivity contribution is 0.304. The monoisotopic (exact) mass is 463 g/mol. The van der Waals surface area contributed by atoms with Crippen molar-refractivity contribution in [3.05, 3.63) is 60.0 Å². The van der Waals surface area contributed by atoms with Crippen LogP contribution in [0, 0.1) is 5.82 Å². The number of hydrogen-bond acceptors (Lipinski definition) is 2. The topological polar surface area (TPSA) is 22.1 Å². The Morgan fingerprint density at radius 1 is 0.676 bits per heavy atom. The third-order valence-electron chi connectivity index (χ3n) is 6.54. The number of fused-ring (bicyclic) bond motifs is 1. The second kappa shape index (κ2) is 14.8. The van der Waals surface area contributed by atoms with Gasteiger partial charge in [0.1, 0.15) is 17.1 Å². The average molecular weight is 464 g/mol. The van der Waals surface area contributed by atoms with Crippen molar-refractivity contribution >= 4 is 10.9 Å². The highest BCUT2D eigenvalue weighted by Crippen LogP contribution is 2.28. The lowest BCUT2D eigenvalue weighted by Crippen LogP contribution is -1.97. The zero-order valence-electron chi connectivity index (χ0n) is 21.3. The summed E-state index contributed by atoms with van der Waals surface area (Å²) in [5, 5.41) is 0.849. The lowest BCUT2D eigenvalue weighted by atomic mass is 10.0. The highest BCUT2D eigenvalue weighted by Gasteiger charge is 2.09. The molecular weight excluding hydrogens is 421 g/mol. The van der Waals surface area contributed by atoms with Crippen molar-refractivity contribution in [1.29, 1.82) is 0 Å². The fourth-order valence-electron chi connectivity index (χ4n) is 4.44. The van der Waals surface area contributed by atoms with Gasteiger partial charge in [-0.2, -0.15) is 0 Å². The van der Waals surface area contributed by atoms with Crippen molar-refractivity contribution in [2.75, 3.05) is 6.61 Å². The van der Waals surface area contributed by atoms with E-state index in [9.17, 15) is 4.39 Å². The van der Waals surface area contributed by atoms with E-state index in [2.05, 4.69) is 18.8 Å². The first-order chi connectivity index (χ1) is 16.7. The number of aryl methyl sites for hydroxylation is 1. The van der Waals surface area contributed by atoms with Crippen LogP contribution in [0.25, 0.3) is 22.0 Å². The molecule has 0 atom stereocenters. The van der Waals surface area contributed by atoms with Crippen LogP contribution >= 0.6 is 0 Å². The van der Waals surface area contributed by atoms with Crippen molar-refractivity contribution in [3.63, 3.8) is 0 Å². The van der Waals surface area contributed by atoms with E-state index in [1.807, 2.05) is 42.5 Å². The summed E-state index contributed by atoms with van der Waals surface area (Å²) in [6.07, 6.45) is 16.1. The number of benzene rings is 2. The van der Waals surface area contributed by atoms with E-state index in [1.54, 1.807) is 6.07 Å². The highest BCUT2D eigenvalue weighted by molar-refractivity contribution is 5.85. The van der Waals surface area contributed by atoms with Gasteiger partial charge in [0.25, 0.3) is 0 Å². The van der Waals surface area contributed by atoms with Gasteiger partial charge in [0.05, 0.1) is 6.61 Å². The third-order valence-corrected chi connectivity index (χ3v) is 6.54. The van der Waals surface area contributed by atoms with Crippen molar-refractivity contribution in [3.8, 4) is 16.9 Å². The molecule has 1 aromatic heterocycles. The number of aromatic nitrogens is 1.